The molecule has 21 heavy (non-hydrogen) atoms. The molecule has 4 heteroatoms. The van der Waals surface area contributed by atoms with Crippen molar-refractivity contribution in [3.05, 3.63) is 0 Å². The maximum absolute atomic E-state index is 11.8. The predicted molar refractivity (Wildman–Crippen MR) is 89.2 cm³/mol. The van der Waals surface area contributed by atoms with E-state index in [0.717, 1.165) is 25.4 Å². The fourth-order valence-corrected chi connectivity index (χ4v) is 3.53. The van der Waals surface area contributed by atoms with Gasteiger partial charge in [-0.05, 0) is 66.0 Å². The molecule has 0 bridgehead atoms. The Morgan fingerprint density at radius 2 is 2.10 bits per heavy atom. The molecule has 0 aliphatic carbocycles. The lowest BCUT2D eigenvalue weighted by molar-refractivity contribution is -0.124. The fourth-order valence-electron chi connectivity index (χ4n) is 3.53. The first kappa shape index (κ1) is 18.4. The lowest BCUT2D eigenvalue weighted by Gasteiger charge is -2.33. The molecule has 124 valence electrons. The van der Waals surface area contributed by atoms with Crippen LogP contribution in [0.1, 0.15) is 72.6 Å². The van der Waals surface area contributed by atoms with Crippen LogP contribution < -0.4 is 11.1 Å². The summed E-state index contributed by atoms with van der Waals surface area (Å²) in [6.45, 7) is 10.6. The van der Waals surface area contributed by atoms with Crippen LogP contribution in [0.25, 0.3) is 0 Å². The van der Waals surface area contributed by atoms with E-state index in [0.29, 0.717) is 0 Å². The van der Waals surface area contributed by atoms with Gasteiger partial charge in [0.2, 0.25) is 5.91 Å². The number of primary amides is 1. The highest BCUT2D eigenvalue weighted by Gasteiger charge is 2.31. The van der Waals surface area contributed by atoms with Gasteiger partial charge in [-0.25, -0.2) is 0 Å². The molecule has 0 spiro atoms. The summed E-state index contributed by atoms with van der Waals surface area (Å²) in [7, 11) is 0. The van der Waals surface area contributed by atoms with Gasteiger partial charge in [0.25, 0.3) is 0 Å². The number of carbonyl (C=O) groups excluding carboxylic acids is 1. The average Bonchev–Trinajstić information content (AvgIpc) is 2.62. The summed E-state index contributed by atoms with van der Waals surface area (Å²) in [6.07, 6.45) is 8.44. The highest BCUT2D eigenvalue weighted by molar-refractivity contribution is 5.84. The molecule has 1 fully saturated rings. The monoisotopic (exact) mass is 297 g/mol. The van der Waals surface area contributed by atoms with Gasteiger partial charge >= 0.3 is 0 Å². The molecule has 0 aromatic carbocycles. The van der Waals surface area contributed by atoms with E-state index in [4.69, 9.17) is 5.73 Å². The van der Waals surface area contributed by atoms with Gasteiger partial charge in [0.1, 0.15) is 0 Å². The van der Waals surface area contributed by atoms with E-state index in [-0.39, 0.29) is 11.9 Å². The van der Waals surface area contributed by atoms with Crippen LogP contribution in [0, 0.1) is 0 Å². The maximum atomic E-state index is 11.8. The van der Waals surface area contributed by atoms with Crippen molar-refractivity contribution in [2.24, 2.45) is 5.73 Å². The summed E-state index contributed by atoms with van der Waals surface area (Å²) in [4.78, 5) is 14.4. The van der Waals surface area contributed by atoms with Crippen LogP contribution in [0.3, 0.4) is 0 Å². The highest BCUT2D eigenvalue weighted by Crippen LogP contribution is 2.21. The number of nitrogens with two attached hydrogens (primary N) is 1. The Kier molecular flexibility index (Phi) is 7.67. The minimum Gasteiger partial charge on any atom is -0.368 e. The molecule has 2 atom stereocenters. The minimum absolute atomic E-state index is 0.237. The molecule has 1 heterocycles. The molecule has 1 aliphatic rings. The van der Waals surface area contributed by atoms with Crippen LogP contribution in [0.2, 0.25) is 0 Å². The summed E-state index contributed by atoms with van der Waals surface area (Å²) in [5.74, 6) is -0.237. The van der Waals surface area contributed by atoms with E-state index in [2.05, 4.69) is 31.0 Å². The smallest absolute Gasteiger partial charge is 0.237 e. The Bertz CT molecular complexity index is 319. The van der Waals surface area contributed by atoms with Gasteiger partial charge in [-0.2, -0.15) is 0 Å². The third kappa shape index (κ3) is 5.95. The van der Waals surface area contributed by atoms with E-state index in [9.17, 15) is 4.79 Å². The van der Waals surface area contributed by atoms with Gasteiger partial charge in [-0.15, -0.1) is 0 Å². The topological polar surface area (TPSA) is 58.4 Å². The maximum Gasteiger partial charge on any atom is 0.237 e. The number of nitrogens with one attached hydrogen (secondary N) is 1. The molecule has 4 nitrogen and oxygen atoms in total. The Hall–Kier alpha value is -0.610. The summed E-state index contributed by atoms with van der Waals surface area (Å²) in [5.41, 5.74) is 5.02. The zero-order chi connectivity index (χ0) is 15.9. The summed E-state index contributed by atoms with van der Waals surface area (Å²) < 4.78 is 0. The third-order valence-corrected chi connectivity index (χ3v) is 4.74. The van der Waals surface area contributed by atoms with Crippen LogP contribution in [-0.4, -0.2) is 41.5 Å². The van der Waals surface area contributed by atoms with Gasteiger partial charge in [-0.3, -0.25) is 4.79 Å². The number of amides is 1. The molecule has 1 amide bonds. The standard InChI is InChI=1S/C17H35N3O/c1-5-15-10-7-6-8-12-20(15)13-9-11-17(4,16(18)21)19-14(2)3/h14-15,19H,5-13H2,1-4H3,(H2,18,21). The van der Waals surface area contributed by atoms with Crippen LogP contribution in [0.4, 0.5) is 0 Å². The van der Waals surface area contributed by atoms with Crippen molar-refractivity contribution in [3.63, 3.8) is 0 Å². The second-order valence-electron chi connectivity index (χ2n) is 7.05. The van der Waals surface area contributed by atoms with Crippen LogP contribution >= 0.6 is 0 Å². The van der Waals surface area contributed by atoms with Crippen molar-refractivity contribution in [2.45, 2.75) is 90.3 Å². The van der Waals surface area contributed by atoms with Crippen molar-refractivity contribution >= 4 is 5.91 Å². The number of hydrogen-bond acceptors (Lipinski definition) is 3. The second-order valence-corrected chi connectivity index (χ2v) is 7.05. The van der Waals surface area contributed by atoms with Crippen molar-refractivity contribution in [1.29, 1.82) is 0 Å². The summed E-state index contributed by atoms with van der Waals surface area (Å²) in [6, 6.07) is 0.995. The van der Waals surface area contributed by atoms with Crippen molar-refractivity contribution in [2.75, 3.05) is 13.1 Å². The van der Waals surface area contributed by atoms with Gasteiger partial charge in [0.15, 0.2) is 0 Å². The number of rotatable bonds is 8. The van der Waals surface area contributed by atoms with E-state index in [1.54, 1.807) is 0 Å². The Balaban J connectivity index is 2.50. The van der Waals surface area contributed by atoms with E-state index >= 15 is 0 Å². The first-order valence-electron chi connectivity index (χ1n) is 8.70. The highest BCUT2D eigenvalue weighted by atomic mass is 16.1. The molecule has 0 aromatic heterocycles. The van der Waals surface area contributed by atoms with Gasteiger partial charge in [0, 0.05) is 12.1 Å². The summed E-state index contributed by atoms with van der Waals surface area (Å²) in [5, 5.41) is 3.34. The summed E-state index contributed by atoms with van der Waals surface area (Å²) >= 11 is 0. The molecule has 1 saturated heterocycles. The van der Waals surface area contributed by atoms with Gasteiger partial charge in [-0.1, -0.05) is 19.8 Å². The van der Waals surface area contributed by atoms with Gasteiger partial charge in [0.05, 0.1) is 5.54 Å². The number of hydrogen-bond donors (Lipinski definition) is 2. The van der Waals surface area contributed by atoms with Gasteiger partial charge < -0.3 is 16.0 Å². The molecule has 0 radical (unpaired) electrons. The van der Waals surface area contributed by atoms with E-state index in [1.807, 2.05) is 6.92 Å². The van der Waals surface area contributed by atoms with Crippen molar-refractivity contribution in [1.82, 2.24) is 10.2 Å². The normalized spacial score (nSPS) is 23.8. The third-order valence-electron chi connectivity index (χ3n) is 4.74. The van der Waals surface area contributed by atoms with E-state index in [1.165, 1.54) is 38.6 Å². The van der Waals surface area contributed by atoms with Crippen LogP contribution in [-0.2, 0) is 4.79 Å². The zero-order valence-electron chi connectivity index (χ0n) is 14.5. The quantitative estimate of drug-likeness (QED) is 0.724. The Labute approximate surface area is 130 Å². The lowest BCUT2D eigenvalue weighted by atomic mass is 9.93. The van der Waals surface area contributed by atoms with Crippen LogP contribution in [0.5, 0.6) is 0 Å². The van der Waals surface area contributed by atoms with Crippen LogP contribution in [0.15, 0.2) is 0 Å². The first-order valence-corrected chi connectivity index (χ1v) is 8.70. The molecule has 0 saturated carbocycles. The first-order chi connectivity index (χ1) is 9.89. The molecule has 0 aromatic rings. The molecule has 1 rings (SSSR count). The molecular formula is C17H35N3O. The van der Waals surface area contributed by atoms with Crippen molar-refractivity contribution in [3.8, 4) is 0 Å². The molecule has 3 N–H and O–H groups in total. The Morgan fingerprint density at radius 1 is 1.38 bits per heavy atom. The fraction of sp³-hybridized carbons (Fsp3) is 0.941. The molecular weight excluding hydrogens is 262 g/mol. The second kappa shape index (κ2) is 8.74. The lowest BCUT2D eigenvalue weighted by Crippen LogP contribution is -2.55. The molecule has 1 aliphatic heterocycles. The predicted octanol–water partition coefficient (Wildman–Crippen LogP) is 2.66. The molecule has 2 unspecified atom stereocenters. The Morgan fingerprint density at radius 3 is 2.67 bits per heavy atom. The van der Waals surface area contributed by atoms with Crippen molar-refractivity contribution < 1.29 is 4.79 Å². The largest absolute Gasteiger partial charge is 0.368 e. The zero-order valence-corrected chi connectivity index (χ0v) is 14.5. The SMILES string of the molecule is CCC1CCCCCN1CCCC(C)(NC(C)C)C(N)=O. The minimum atomic E-state index is -0.582. The number of likely N-dealkylation sites (tertiary alicyclic amines) is 1. The van der Waals surface area contributed by atoms with E-state index < -0.39 is 5.54 Å². The number of nitrogens with zero attached hydrogens (tertiary/aromatic N) is 1. The average molecular weight is 297 g/mol. The number of carbonyl (C=O) groups is 1.